The quantitative estimate of drug-likeness (QED) is 0.355. The average molecular weight is 474 g/mol. The number of carbonyl (C=O) groups excluding carboxylic acids is 4. The van der Waals surface area contributed by atoms with Crippen LogP contribution in [0, 0.1) is 0 Å². The summed E-state index contributed by atoms with van der Waals surface area (Å²) in [6.45, 7) is 0. The molecule has 0 radical (unpaired) electrons. The fourth-order valence-corrected chi connectivity index (χ4v) is 4.66. The maximum atomic E-state index is 13.1. The first-order chi connectivity index (χ1) is 15.1. The summed E-state index contributed by atoms with van der Waals surface area (Å²) in [6.07, 6.45) is 0. The topological polar surface area (TPSA) is 149 Å². The van der Waals surface area contributed by atoms with Crippen LogP contribution in [0.2, 0.25) is 0 Å². The fourth-order valence-electron chi connectivity index (χ4n) is 4.02. The lowest BCUT2D eigenvalue weighted by Crippen LogP contribution is -2.53. The number of carboxylic acids is 2. The highest BCUT2D eigenvalue weighted by molar-refractivity contribution is 7.80. The van der Waals surface area contributed by atoms with Crippen molar-refractivity contribution in [3.8, 4) is 0 Å². The minimum absolute atomic E-state index is 0.0497. The SMILES string of the molecule is O=C(O)C(CS)N1C(=O)c2ccc3c4c(ccc(c24)C1=O)C(=O)N(C(CS)C(=O)O)C3=O. The van der Waals surface area contributed by atoms with Crippen LogP contribution in [-0.2, 0) is 9.59 Å². The van der Waals surface area contributed by atoms with Crippen molar-refractivity contribution in [1.82, 2.24) is 9.80 Å². The second-order valence-electron chi connectivity index (χ2n) is 7.11. The van der Waals surface area contributed by atoms with Crippen LogP contribution in [0.4, 0.5) is 0 Å². The Bertz CT molecular complexity index is 1110. The molecule has 4 amide bonds. The summed E-state index contributed by atoms with van der Waals surface area (Å²) < 4.78 is 0. The van der Waals surface area contributed by atoms with E-state index in [0.29, 0.717) is 9.80 Å². The van der Waals surface area contributed by atoms with Gasteiger partial charge in [-0.05, 0) is 24.3 Å². The molecule has 32 heavy (non-hydrogen) atoms. The first-order valence-corrected chi connectivity index (χ1v) is 10.4. The number of aliphatic carboxylic acids is 2. The van der Waals surface area contributed by atoms with Crippen LogP contribution in [0.1, 0.15) is 41.4 Å². The van der Waals surface area contributed by atoms with Crippen LogP contribution in [0.3, 0.4) is 0 Å². The van der Waals surface area contributed by atoms with E-state index in [-0.39, 0.29) is 44.5 Å². The van der Waals surface area contributed by atoms with Crippen molar-refractivity contribution in [1.29, 1.82) is 0 Å². The third kappa shape index (κ3) is 2.83. The van der Waals surface area contributed by atoms with Crippen LogP contribution in [0.25, 0.3) is 10.8 Å². The average Bonchev–Trinajstić information content (AvgIpc) is 2.75. The Balaban J connectivity index is 1.97. The molecule has 12 heteroatoms. The van der Waals surface area contributed by atoms with Gasteiger partial charge in [0.2, 0.25) is 0 Å². The number of amides is 4. The second-order valence-corrected chi connectivity index (χ2v) is 7.84. The van der Waals surface area contributed by atoms with Crippen molar-refractivity contribution in [2.45, 2.75) is 12.1 Å². The fraction of sp³-hybridized carbons (Fsp3) is 0.200. The van der Waals surface area contributed by atoms with Gasteiger partial charge in [0.1, 0.15) is 12.1 Å². The van der Waals surface area contributed by atoms with Crippen molar-refractivity contribution in [3.05, 3.63) is 46.5 Å². The van der Waals surface area contributed by atoms with E-state index in [2.05, 4.69) is 25.3 Å². The van der Waals surface area contributed by atoms with E-state index >= 15 is 0 Å². The van der Waals surface area contributed by atoms with Crippen molar-refractivity contribution < 1.29 is 39.0 Å². The Morgan fingerprint density at radius 3 is 1.09 bits per heavy atom. The lowest BCUT2D eigenvalue weighted by atomic mass is 9.85. The Kier molecular flexibility index (Phi) is 5.21. The van der Waals surface area contributed by atoms with Gasteiger partial charge in [0.05, 0.1) is 0 Å². The number of nitrogens with zero attached hydrogens (tertiary/aromatic N) is 2. The Hall–Kier alpha value is -3.38. The smallest absolute Gasteiger partial charge is 0.327 e. The molecule has 0 bridgehead atoms. The van der Waals surface area contributed by atoms with Crippen LogP contribution in [0.15, 0.2) is 24.3 Å². The number of imide groups is 2. The molecule has 2 aliphatic heterocycles. The zero-order valence-electron chi connectivity index (χ0n) is 16.0. The lowest BCUT2D eigenvalue weighted by Gasteiger charge is -2.34. The summed E-state index contributed by atoms with van der Waals surface area (Å²) in [6, 6.07) is 2.00. The summed E-state index contributed by atoms with van der Waals surface area (Å²) in [5.41, 5.74) is -0.199. The van der Waals surface area contributed by atoms with E-state index in [0.717, 1.165) is 0 Å². The highest BCUT2D eigenvalue weighted by Crippen LogP contribution is 2.38. The number of carbonyl (C=O) groups is 6. The second kappa shape index (κ2) is 7.64. The van der Waals surface area contributed by atoms with Crippen LogP contribution >= 0.6 is 25.3 Å². The van der Waals surface area contributed by atoms with Gasteiger partial charge < -0.3 is 10.2 Å². The molecule has 0 fully saturated rings. The van der Waals surface area contributed by atoms with Crippen molar-refractivity contribution >= 4 is 71.6 Å². The van der Waals surface area contributed by atoms with Crippen molar-refractivity contribution in [3.63, 3.8) is 0 Å². The molecule has 2 N–H and O–H groups in total. The highest BCUT2D eigenvalue weighted by Gasteiger charge is 2.45. The molecular formula is C20H14N2O8S2. The number of thiol groups is 2. The zero-order valence-corrected chi connectivity index (χ0v) is 17.8. The van der Waals surface area contributed by atoms with Gasteiger partial charge in [0, 0.05) is 44.5 Å². The molecule has 2 heterocycles. The number of carboxylic acid groups (broad SMARTS) is 2. The van der Waals surface area contributed by atoms with E-state index in [1.165, 1.54) is 24.3 Å². The van der Waals surface area contributed by atoms with E-state index in [1.807, 2.05) is 0 Å². The predicted octanol–water partition coefficient (Wildman–Crippen LogP) is 0.798. The van der Waals surface area contributed by atoms with E-state index in [9.17, 15) is 39.0 Å². The summed E-state index contributed by atoms with van der Waals surface area (Å²) in [5.74, 6) is -7.03. The number of rotatable bonds is 6. The summed E-state index contributed by atoms with van der Waals surface area (Å²) in [7, 11) is 0. The van der Waals surface area contributed by atoms with Gasteiger partial charge in [-0.15, -0.1) is 0 Å². The van der Waals surface area contributed by atoms with Gasteiger partial charge >= 0.3 is 11.9 Å². The predicted molar refractivity (Wildman–Crippen MR) is 116 cm³/mol. The minimum atomic E-state index is -1.51. The molecule has 164 valence electrons. The molecule has 0 aliphatic carbocycles. The third-order valence-corrected chi connectivity index (χ3v) is 6.19. The molecule has 4 rings (SSSR count). The van der Waals surface area contributed by atoms with E-state index < -0.39 is 47.7 Å². The van der Waals surface area contributed by atoms with Gasteiger partial charge in [-0.25, -0.2) is 9.59 Å². The molecule has 10 nitrogen and oxygen atoms in total. The Morgan fingerprint density at radius 1 is 0.656 bits per heavy atom. The maximum absolute atomic E-state index is 13.1. The molecule has 2 aromatic carbocycles. The number of benzene rings is 2. The van der Waals surface area contributed by atoms with Crippen LogP contribution in [-0.4, -0.2) is 79.2 Å². The largest absolute Gasteiger partial charge is 0.480 e. The van der Waals surface area contributed by atoms with Crippen LogP contribution < -0.4 is 0 Å². The highest BCUT2D eigenvalue weighted by atomic mass is 32.1. The minimum Gasteiger partial charge on any atom is -0.480 e. The Morgan fingerprint density at radius 2 is 0.906 bits per heavy atom. The first-order valence-electron chi connectivity index (χ1n) is 9.18. The van der Waals surface area contributed by atoms with Gasteiger partial charge in [0.25, 0.3) is 23.6 Å². The first kappa shape index (κ1) is 21.8. The van der Waals surface area contributed by atoms with Crippen molar-refractivity contribution in [2.75, 3.05) is 11.5 Å². The number of hydrogen-bond acceptors (Lipinski definition) is 8. The van der Waals surface area contributed by atoms with Crippen molar-refractivity contribution in [2.24, 2.45) is 0 Å². The summed E-state index contributed by atoms with van der Waals surface area (Å²) >= 11 is 7.87. The molecule has 0 aromatic heterocycles. The van der Waals surface area contributed by atoms with E-state index in [4.69, 9.17) is 0 Å². The maximum Gasteiger partial charge on any atom is 0.327 e. The molecule has 0 saturated heterocycles. The Labute approximate surface area is 190 Å². The monoisotopic (exact) mass is 474 g/mol. The molecule has 2 aliphatic rings. The molecule has 2 unspecified atom stereocenters. The molecule has 2 aromatic rings. The molecule has 2 atom stereocenters. The van der Waals surface area contributed by atoms with Gasteiger partial charge in [-0.1, -0.05) is 0 Å². The van der Waals surface area contributed by atoms with E-state index in [1.54, 1.807) is 0 Å². The third-order valence-electron chi connectivity index (χ3n) is 5.50. The molecular weight excluding hydrogens is 460 g/mol. The molecule has 0 spiro atoms. The van der Waals surface area contributed by atoms with Gasteiger partial charge in [-0.3, -0.25) is 29.0 Å². The normalized spacial score (nSPS) is 17.1. The standard InChI is InChI=1S/C20H14N2O8S2/c23-15-7-1-2-8-14-10(18(26)22(16(8)24)12(6-32)20(29)30)4-3-9(13(7)14)17(25)21(15)11(5-31)19(27)28/h1-4,11-12,31-32H,5-6H2,(H,27,28)(H,29,30). The number of hydrogen-bond donors (Lipinski definition) is 4. The van der Waals surface area contributed by atoms with Crippen LogP contribution in [0.5, 0.6) is 0 Å². The zero-order chi connectivity index (χ0) is 23.5. The van der Waals surface area contributed by atoms with Gasteiger partial charge in [0.15, 0.2) is 0 Å². The molecule has 0 saturated carbocycles. The van der Waals surface area contributed by atoms with Gasteiger partial charge in [-0.2, -0.15) is 25.3 Å². The summed E-state index contributed by atoms with van der Waals surface area (Å²) in [4.78, 5) is 76.5. The lowest BCUT2D eigenvalue weighted by molar-refractivity contribution is -0.141. The summed E-state index contributed by atoms with van der Waals surface area (Å²) in [5, 5.41) is 18.9.